The van der Waals surface area contributed by atoms with Gasteiger partial charge < -0.3 is 20.8 Å². The standard InChI is InChI=1S/C11H20N6O3S/c1-8-13-7-9(14-8)21(19,20)16-11(10(12)15-18)3-5-17(2)6-4-11/h7,16,18H,3-6H2,1-2H3,(H2,12,15)(H,13,14). The van der Waals surface area contributed by atoms with E-state index in [9.17, 15) is 8.42 Å². The summed E-state index contributed by atoms with van der Waals surface area (Å²) in [4.78, 5) is 8.61. The zero-order valence-electron chi connectivity index (χ0n) is 12.0. The topological polar surface area (TPSA) is 137 Å². The molecule has 1 aromatic heterocycles. The SMILES string of the molecule is Cc1ncc(S(=O)(=O)NC2(C(N)=NO)CCN(C)CC2)[nH]1. The van der Waals surface area contributed by atoms with Crippen LogP contribution in [0.3, 0.4) is 0 Å². The summed E-state index contributed by atoms with van der Waals surface area (Å²) >= 11 is 0. The lowest BCUT2D eigenvalue weighted by molar-refractivity contribution is 0.213. The zero-order chi connectivity index (χ0) is 15.7. The van der Waals surface area contributed by atoms with Gasteiger partial charge in [0, 0.05) is 13.1 Å². The highest BCUT2D eigenvalue weighted by Gasteiger charge is 2.42. The molecule has 0 radical (unpaired) electrons. The fraction of sp³-hybridized carbons (Fsp3) is 0.636. The van der Waals surface area contributed by atoms with Crippen LogP contribution in [-0.4, -0.2) is 60.0 Å². The fourth-order valence-corrected chi connectivity index (χ4v) is 3.76. The van der Waals surface area contributed by atoms with Crippen molar-refractivity contribution >= 4 is 15.9 Å². The summed E-state index contributed by atoms with van der Waals surface area (Å²) in [6.45, 7) is 2.94. The van der Waals surface area contributed by atoms with Crippen LogP contribution >= 0.6 is 0 Å². The van der Waals surface area contributed by atoms with Crippen LogP contribution in [0.1, 0.15) is 18.7 Å². The van der Waals surface area contributed by atoms with E-state index in [0.29, 0.717) is 31.8 Å². The minimum atomic E-state index is -3.83. The molecule has 0 aliphatic carbocycles. The monoisotopic (exact) mass is 316 g/mol. The molecule has 0 saturated carbocycles. The van der Waals surface area contributed by atoms with Gasteiger partial charge in [0.1, 0.15) is 5.82 Å². The van der Waals surface area contributed by atoms with Crippen molar-refractivity contribution in [3.05, 3.63) is 12.0 Å². The van der Waals surface area contributed by atoms with Crippen molar-refractivity contribution < 1.29 is 13.6 Å². The number of H-pyrrole nitrogens is 1. The molecule has 0 spiro atoms. The lowest BCUT2D eigenvalue weighted by atomic mass is 9.88. The molecular weight excluding hydrogens is 296 g/mol. The molecule has 10 heteroatoms. The van der Waals surface area contributed by atoms with Gasteiger partial charge in [0.25, 0.3) is 10.0 Å². The van der Waals surface area contributed by atoms with Crippen LogP contribution in [0.15, 0.2) is 16.4 Å². The van der Waals surface area contributed by atoms with Crippen molar-refractivity contribution in [2.24, 2.45) is 10.9 Å². The third kappa shape index (κ3) is 3.17. The number of likely N-dealkylation sites (tertiary alicyclic amines) is 1. The molecule has 1 aliphatic heterocycles. The zero-order valence-corrected chi connectivity index (χ0v) is 12.8. The van der Waals surface area contributed by atoms with E-state index in [1.807, 2.05) is 7.05 Å². The molecule has 1 fully saturated rings. The first-order valence-electron chi connectivity index (χ1n) is 6.51. The second-order valence-corrected chi connectivity index (χ2v) is 6.96. The van der Waals surface area contributed by atoms with Crippen molar-refractivity contribution in [3.63, 3.8) is 0 Å². The molecule has 118 valence electrons. The molecular formula is C11H20N6O3S. The molecule has 0 bridgehead atoms. The van der Waals surface area contributed by atoms with Crippen LogP contribution in [0.2, 0.25) is 0 Å². The molecule has 5 N–H and O–H groups in total. The van der Waals surface area contributed by atoms with Gasteiger partial charge in [-0.2, -0.15) is 4.72 Å². The Bertz CT molecular complexity index is 630. The van der Waals surface area contributed by atoms with E-state index >= 15 is 0 Å². The van der Waals surface area contributed by atoms with E-state index in [1.54, 1.807) is 6.92 Å². The molecule has 1 saturated heterocycles. The van der Waals surface area contributed by atoms with Gasteiger partial charge in [0.2, 0.25) is 0 Å². The summed E-state index contributed by atoms with van der Waals surface area (Å²) in [5.74, 6) is 0.368. The van der Waals surface area contributed by atoms with Crippen LogP contribution in [0, 0.1) is 6.92 Å². The first-order valence-corrected chi connectivity index (χ1v) is 7.99. The Morgan fingerprint density at radius 1 is 1.57 bits per heavy atom. The van der Waals surface area contributed by atoms with E-state index in [4.69, 9.17) is 10.9 Å². The molecule has 1 aliphatic rings. The van der Waals surface area contributed by atoms with Crippen molar-refractivity contribution in [2.75, 3.05) is 20.1 Å². The highest BCUT2D eigenvalue weighted by Crippen LogP contribution is 2.24. The van der Waals surface area contributed by atoms with E-state index in [-0.39, 0.29) is 10.9 Å². The summed E-state index contributed by atoms with van der Waals surface area (Å²) < 4.78 is 27.4. The average molecular weight is 316 g/mol. The lowest BCUT2D eigenvalue weighted by Gasteiger charge is -2.39. The molecule has 0 unspecified atom stereocenters. The van der Waals surface area contributed by atoms with Gasteiger partial charge in [-0.05, 0) is 26.8 Å². The van der Waals surface area contributed by atoms with Gasteiger partial charge in [-0.3, -0.25) is 0 Å². The minimum Gasteiger partial charge on any atom is -0.409 e. The lowest BCUT2D eigenvalue weighted by Crippen LogP contribution is -2.61. The van der Waals surface area contributed by atoms with Crippen LogP contribution in [0.25, 0.3) is 0 Å². The highest BCUT2D eigenvalue weighted by molar-refractivity contribution is 7.89. The summed E-state index contributed by atoms with van der Waals surface area (Å²) in [5, 5.41) is 12.0. The van der Waals surface area contributed by atoms with Crippen LogP contribution < -0.4 is 10.5 Å². The number of sulfonamides is 1. The van der Waals surface area contributed by atoms with Gasteiger partial charge in [-0.15, -0.1) is 0 Å². The number of hydrogen-bond donors (Lipinski definition) is 4. The number of oxime groups is 1. The maximum absolute atomic E-state index is 12.4. The van der Waals surface area contributed by atoms with Crippen molar-refractivity contribution in [1.29, 1.82) is 0 Å². The number of rotatable bonds is 4. The Balaban J connectivity index is 2.31. The molecule has 2 heterocycles. The number of aryl methyl sites for hydroxylation is 1. The second-order valence-electron chi connectivity index (χ2n) is 5.31. The Morgan fingerprint density at radius 3 is 2.67 bits per heavy atom. The summed E-state index contributed by atoms with van der Waals surface area (Å²) in [6, 6.07) is 0. The van der Waals surface area contributed by atoms with Gasteiger partial charge in [0.15, 0.2) is 10.9 Å². The molecule has 1 aromatic rings. The van der Waals surface area contributed by atoms with Gasteiger partial charge >= 0.3 is 0 Å². The third-order valence-corrected chi connectivity index (χ3v) is 5.18. The van der Waals surface area contributed by atoms with Crippen molar-refractivity contribution in [3.8, 4) is 0 Å². The van der Waals surface area contributed by atoms with Gasteiger partial charge in [-0.1, -0.05) is 5.16 Å². The molecule has 21 heavy (non-hydrogen) atoms. The van der Waals surface area contributed by atoms with Crippen LogP contribution in [-0.2, 0) is 10.0 Å². The molecule has 0 aromatic carbocycles. The molecule has 2 rings (SSSR count). The number of piperidine rings is 1. The van der Waals surface area contributed by atoms with E-state index in [2.05, 4.69) is 24.7 Å². The Hall–Kier alpha value is -1.65. The third-order valence-electron chi connectivity index (χ3n) is 3.74. The average Bonchev–Trinajstić information content (AvgIpc) is 2.88. The normalized spacial score (nSPS) is 20.6. The summed E-state index contributed by atoms with van der Waals surface area (Å²) in [6.07, 6.45) is 2.09. The number of hydrogen-bond acceptors (Lipinski definition) is 6. The number of nitrogens with zero attached hydrogens (tertiary/aromatic N) is 3. The minimum absolute atomic E-state index is 0.0379. The Morgan fingerprint density at radius 2 is 2.19 bits per heavy atom. The highest BCUT2D eigenvalue weighted by atomic mass is 32.2. The largest absolute Gasteiger partial charge is 0.409 e. The number of aromatic amines is 1. The quantitative estimate of drug-likeness (QED) is 0.249. The van der Waals surface area contributed by atoms with Crippen molar-refractivity contribution in [2.45, 2.75) is 30.3 Å². The first kappa shape index (κ1) is 15.7. The molecule has 9 nitrogen and oxygen atoms in total. The van der Waals surface area contributed by atoms with Crippen molar-refractivity contribution in [1.82, 2.24) is 19.6 Å². The number of aromatic nitrogens is 2. The Kier molecular flexibility index (Phi) is 4.21. The van der Waals surface area contributed by atoms with Gasteiger partial charge in [0.05, 0.1) is 11.7 Å². The maximum Gasteiger partial charge on any atom is 0.258 e. The fourth-order valence-electron chi connectivity index (χ4n) is 2.35. The van der Waals surface area contributed by atoms with Crippen LogP contribution in [0.5, 0.6) is 0 Å². The summed E-state index contributed by atoms with van der Waals surface area (Å²) in [7, 11) is -1.90. The number of imidazole rings is 1. The molecule has 0 amide bonds. The van der Waals surface area contributed by atoms with E-state index < -0.39 is 15.6 Å². The predicted molar refractivity (Wildman–Crippen MR) is 76.5 cm³/mol. The van der Waals surface area contributed by atoms with Gasteiger partial charge in [-0.25, -0.2) is 13.4 Å². The maximum atomic E-state index is 12.4. The second kappa shape index (κ2) is 5.62. The number of nitrogens with one attached hydrogen (secondary N) is 2. The summed E-state index contributed by atoms with van der Waals surface area (Å²) in [5.41, 5.74) is 4.66. The molecule has 0 atom stereocenters. The smallest absolute Gasteiger partial charge is 0.258 e. The number of amidine groups is 1. The predicted octanol–water partition coefficient (Wildman–Crippen LogP) is -0.793. The van der Waals surface area contributed by atoms with E-state index in [1.165, 1.54) is 6.20 Å². The first-order chi connectivity index (χ1) is 9.79. The van der Waals surface area contributed by atoms with E-state index in [0.717, 1.165) is 0 Å². The Labute approximate surface area is 123 Å². The van der Waals surface area contributed by atoms with Crippen LogP contribution in [0.4, 0.5) is 0 Å². The number of nitrogens with two attached hydrogens (primary N) is 1.